The predicted molar refractivity (Wildman–Crippen MR) is 133 cm³/mol. The van der Waals surface area contributed by atoms with E-state index in [2.05, 4.69) is 47.9 Å². The molecule has 2 fully saturated rings. The molecule has 0 aromatic heterocycles. The van der Waals surface area contributed by atoms with Crippen molar-refractivity contribution >= 4 is 5.91 Å². The summed E-state index contributed by atoms with van der Waals surface area (Å²) in [5.41, 5.74) is 7.70. The van der Waals surface area contributed by atoms with Crippen LogP contribution in [0.1, 0.15) is 83.2 Å². The highest BCUT2D eigenvalue weighted by molar-refractivity contribution is 5.94. The Bertz CT molecular complexity index is 1200. The number of likely N-dealkylation sites (tertiary alicyclic amines) is 1. The zero-order valence-electron chi connectivity index (χ0n) is 20.2. The molecule has 2 aromatic rings. The fourth-order valence-electron chi connectivity index (χ4n) is 5.82. The molecular formula is C29H32N4O2. The second-order valence-electron chi connectivity index (χ2n) is 10.4. The molecule has 3 aliphatic heterocycles. The lowest BCUT2D eigenvalue weighted by molar-refractivity contribution is 0.0713. The SMILES string of the molecule is CC1COCC2=C1NC(c1cc(C(=O)N3CCC(c4ccc(C#N)cc4)CC3)ccc1C1CC1)N2. The summed E-state index contributed by atoms with van der Waals surface area (Å²) in [6.45, 7) is 5.07. The van der Waals surface area contributed by atoms with Crippen LogP contribution in [0.3, 0.4) is 0 Å². The molecule has 1 saturated heterocycles. The first-order valence-electron chi connectivity index (χ1n) is 12.9. The monoisotopic (exact) mass is 468 g/mol. The normalized spacial score (nSPS) is 24.4. The van der Waals surface area contributed by atoms with Crippen LogP contribution in [0.4, 0.5) is 0 Å². The van der Waals surface area contributed by atoms with Crippen molar-refractivity contribution in [1.82, 2.24) is 15.5 Å². The maximum atomic E-state index is 13.5. The first-order valence-corrected chi connectivity index (χ1v) is 12.9. The van der Waals surface area contributed by atoms with Crippen molar-refractivity contribution in [2.45, 2.75) is 50.6 Å². The molecule has 6 nitrogen and oxygen atoms in total. The van der Waals surface area contributed by atoms with Gasteiger partial charge in [-0.05, 0) is 78.5 Å². The van der Waals surface area contributed by atoms with Crippen molar-refractivity contribution < 1.29 is 9.53 Å². The largest absolute Gasteiger partial charge is 0.375 e. The number of carbonyl (C=O) groups excluding carboxylic acids is 1. The summed E-state index contributed by atoms with van der Waals surface area (Å²) in [7, 11) is 0. The van der Waals surface area contributed by atoms with Crippen LogP contribution in [0.15, 0.2) is 53.9 Å². The van der Waals surface area contributed by atoms with Crippen LogP contribution in [0.5, 0.6) is 0 Å². The number of rotatable bonds is 4. The molecule has 35 heavy (non-hydrogen) atoms. The van der Waals surface area contributed by atoms with Crippen molar-refractivity contribution in [3.63, 3.8) is 0 Å². The molecule has 3 heterocycles. The van der Waals surface area contributed by atoms with E-state index < -0.39 is 0 Å². The van der Waals surface area contributed by atoms with Gasteiger partial charge in [-0.25, -0.2) is 0 Å². The molecule has 1 amide bonds. The van der Waals surface area contributed by atoms with Gasteiger partial charge in [0.2, 0.25) is 0 Å². The number of carbonyl (C=O) groups is 1. The summed E-state index contributed by atoms with van der Waals surface area (Å²) in [4.78, 5) is 15.5. The van der Waals surface area contributed by atoms with Crippen LogP contribution >= 0.6 is 0 Å². The second-order valence-corrected chi connectivity index (χ2v) is 10.4. The highest BCUT2D eigenvalue weighted by atomic mass is 16.5. The number of hydrogen-bond acceptors (Lipinski definition) is 5. The van der Waals surface area contributed by atoms with Crippen molar-refractivity contribution in [3.05, 3.63) is 81.7 Å². The van der Waals surface area contributed by atoms with E-state index in [9.17, 15) is 4.79 Å². The van der Waals surface area contributed by atoms with Gasteiger partial charge < -0.3 is 20.3 Å². The topological polar surface area (TPSA) is 77.4 Å². The molecule has 180 valence electrons. The lowest BCUT2D eigenvalue weighted by Gasteiger charge is -2.32. The van der Waals surface area contributed by atoms with E-state index in [1.807, 2.05) is 23.1 Å². The van der Waals surface area contributed by atoms with E-state index in [1.165, 1.54) is 35.2 Å². The average molecular weight is 469 g/mol. The maximum Gasteiger partial charge on any atom is 0.253 e. The third-order valence-corrected chi connectivity index (χ3v) is 8.01. The Morgan fingerprint density at radius 3 is 2.46 bits per heavy atom. The van der Waals surface area contributed by atoms with Gasteiger partial charge >= 0.3 is 0 Å². The Morgan fingerprint density at radius 2 is 1.77 bits per heavy atom. The molecule has 0 bridgehead atoms. The Labute approximate surface area is 207 Å². The Balaban J connectivity index is 1.17. The third-order valence-electron chi connectivity index (χ3n) is 8.01. The number of benzene rings is 2. The summed E-state index contributed by atoms with van der Waals surface area (Å²) >= 11 is 0. The van der Waals surface area contributed by atoms with Gasteiger partial charge in [-0.2, -0.15) is 5.26 Å². The molecule has 2 N–H and O–H groups in total. The zero-order chi connectivity index (χ0) is 23.9. The highest BCUT2D eigenvalue weighted by Gasteiger charge is 2.35. The van der Waals surface area contributed by atoms with E-state index in [0.29, 0.717) is 29.9 Å². The third kappa shape index (κ3) is 4.30. The van der Waals surface area contributed by atoms with Crippen LogP contribution in [-0.4, -0.2) is 37.1 Å². The summed E-state index contributed by atoms with van der Waals surface area (Å²) in [5.74, 6) is 1.52. The highest BCUT2D eigenvalue weighted by Crippen LogP contribution is 2.44. The minimum Gasteiger partial charge on any atom is -0.375 e. The number of hydrogen-bond donors (Lipinski definition) is 2. The lowest BCUT2D eigenvalue weighted by Crippen LogP contribution is -2.38. The first kappa shape index (κ1) is 22.2. The molecule has 2 unspecified atom stereocenters. The van der Waals surface area contributed by atoms with Crippen molar-refractivity contribution in [2.75, 3.05) is 26.3 Å². The van der Waals surface area contributed by atoms with Crippen LogP contribution in [-0.2, 0) is 4.74 Å². The van der Waals surface area contributed by atoms with Gasteiger partial charge in [0.1, 0.15) is 6.17 Å². The maximum absolute atomic E-state index is 13.5. The summed E-state index contributed by atoms with van der Waals surface area (Å²) in [5, 5.41) is 16.4. The van der Waals surface area contributed by atoms with Gasteiger partial charge in [0.15, 0.2) is 0 Å². The number of amides is 1. The molecular weight excluding hydrogens is 436 g/mol. The minimum atomic E-state index is -0.00498. The zero-order valence-corrected chi connectivity index (χ0v) is 20.2. The molecule has 0 spiro atoms. The number of ether oxygens (including phenoxy) is 1. The fraction of sp³-hybridized carbons (Fsp3) is 0.448. The van der Waals surface area contributed by atoms with Crippen molar-refractivity contribution in [2.24, 2.45) is 5.92 Å². The first-order chi connectivity index (χ1) is 17.1. The molecule has 2 aromatic carbocycles. The molecule has 6 heteroatoms. The van der Waals surface area contributed by atoms with Gasteiger partial charge in [0.25, 0.3) is 5.91 Å². The van der Waals surface area contributed by atoms with E-state index in [-0.39, 0.29) is 12.1 Å². The predicted octanol–water partition coefficient (Wildman–Crippen LogP) is 4.52. The molecule has 1 saturated carbocycles. The van der Waals surface area contributed by atoms with Gasteiger partial charge in [0, 0.05) is 30.3 Å². The number of piperidine rings is 1. The van der Waals surface area contributed by atoms with Gasteiger partial charge in [0.05, 0.1) is 30.5 Å². The van der Waals surface area contributed by atoms with Crippen LogP contribution in [0, 0.1) is 17.2 Å². The number of nitrogens with zero attached hydrogens (tertiary/aromatic N) is 2. The van der Waals surface area contributed by atoms with Gasteiger partial charge in [-0.1, -0.05) is 25.1 Å². The lowest BCUT2D eigenvalue weighted by atomic mass is 9.88. The van der Waals surface area contributed by atoms with Gasteiger partial charge in [-0.15, -0.1) is 0 Å². The second kappa shape index (κ2) is 9.05. The summed E-state index contributed by atoms with van der Waals surface area (Å²) in [6, 6.07) is 16.4. The van der Waals surface area contributed by atoms with E-state index in [0.717, 1.165) is 43.8 Å². The number of nitrogens with one attached hydrogen (secondary N) is 2. The molecule has 1 aliphatic carbocycles. The quantitative estimate of drug-likeness (QED) is 0.690. The standard InChI is InChI=1S/C29H32N4O2/c1-18-16-35-17-26-27(18)32-28(31-26)25-14-23(8-9-24(25)22-6-7-22)29(34)33-12-10-21(11-13-33)20-4-2-19(15-30)3-5-20/h2-5,8-9,14,18,21-22,28,31-32H,6-7,10-13,16-17H2,1H3. The Kier molecular flexibility index (Phi) is 5.74. The molecule has 4 aliphatic rings. The van der Waals surface area contributed by atoms with Crippen LogP contribution < -0.4 is 10.6 Å². The van der Waals surface area contributed by atoms with E-state index in [4.69, 9.17) is 10.00 Å². The average Bonchev–Trinajstić information content (AvgIpc) is 3.66. The summed E-state index contributed by atoms with van der Waals surface area (Å²) < 4.78 is 5.73. The molecule has 6 rings (SSSR count). The Morgan fingerprint density at radius 1 is 1.00 bits per heavy atom. The molecule has 2 atom stereocenters. The van der Waals surface area contributed by atoms with Crippen molar-refractivity contribution in [3.8, 4) is 6.07 Å². The van der Waals surface area contributed by atoms with E-state index >= 15 is 0 Å². The summed E-state index contributed by atoms with van der Waals surface area (Å²) in [6.07, 6.45) is 4.34. The van der Waals surface area contributed by atoms with E-state index in [1.54, 1.807) is 0 Å². The van der Waals surface area contributed by atoms with Gasteiger partial charge in [-0.3, -0.25) is 4.79 Å². The minimum absolute atomic E-state index is 0.00498. The fourth-order valence-corrected chi connectivity index (χ4v) is 5.82. The van der Waals surface area contributed by atoms with Crippen LogP contribution in [0.2, 0.25) is 0 Å². The smallest absolute Gasteiger partial charge is 0.253 e. The van der Waals surface area contributed by atoms with Crippen LogP contribution in [0.25, 0.3) is 0 Å². The number of nitriles is 1. The molecule has 0 radical (unpaired) electrons. The Hall–Kier alpha value is -3.30. The van der Waals surface area contributed by atoms with Crippen molar-refractivity contribution in [1.29, 1.82) is 5.26 Å².